The van der Waals surface area contributed by atoms with Crippen molar-refractivity contribution in [1.82, 2.24) is 9.97 Å². The van der Waals surface area contributed by atoms with Crippen LogP contribution < -0.4 is 9.64 Å². The molecule has 1 saturated heterocycles. The molecule has 1 fully saturated rings. The highest BCUT2D eigenvalue weighted by molar-refractivity contribution is 5.74. The van der Waals surface area contributed by atoms with Gasteiger partial charge in [0.1, 0.15) is 0 Å². The van der Waals surface area contributed by atoms with Crippen LogP contribution in [0.15, 0.2) is 12.4 Å². The summed E-state index contributed by atoms with van der Waals surface area (Å²) in [4.78, 5) is 22.3. The lowest BCUT2D eigenvalue weighted by Crippen LogP contribution is -2.25. The Morgan fingerprint density at radius 1 is 1.40 bits per heavy atom. The van der Waals surface area contributed by atoms with Crippen LogP contribution in [0, 0.1) is 11.8 Å². The smallest absolute Gasteiger partial charge is 0.310 e. The van der Waals surface area contributed by atoms with Gasteiger partial charge in [-0.25, -0.2) is 0 Å². The molecule has 0 spiro atoms. The van der Waals surface area contributed by atoms with Crippen molar-refractivity contribution in [3.8, 4) is 5.88 Å². The molecule has 0 saturated carbocycles. The molecule has 0 N–H and O–H groups in total. The first-order valence-corrected chi connectivity index (χ1v) is 6.82. The van der Waals surface area contributed by atoms with Gasteiger partial charge in [0.15, 0.2) is 5.82 Å². The van der Waals surface area contributed by atoms with Crippen LogP contribution in [0.25, 0.3) is 0 Å². The second kappa shape index (κ2) is 6.07. The fourth-order valence-electron chi connectivity index (χ4n) is 2.40. The normalized spacial score (nSPS) is 22.1. The molecule has 20 heavy (non-hydrogen) atoms. The summed E-state index contributed by atoms with van der Waals surface area (Å²) in [5, 5.41) is 0. The van der Waals surface area contributed by atoms with E-state index in [0.29, 0.717) is 12.4 Å². The predicted molar refractivity (Wildman–Crippen MR) is 74.7 cm³/mol. The van der Waals surface area contributed by atoms with Crippen LogP contribution in [0.3, 0.4) is 0 Å². The number of rotatable bonds is 4. The van der Waals surface area contributed by atoms with E-state index in [4.69, 9.17) is 9.47 Å². The second-order valence-corrected chi connectivity index (χ2v) is 5.39. The number of ether oxygens (including phenoxy) is 2. The number of aromatic nitrogens is 2. The highest BCUT2D eigenvalue weighted by Crippen LogP contribution is 2.28. The van der Waals surface area contributed by atoms with E-state index < -0.39 is 0 Å². The Kier molecular flexibility index (Phi) is 4.42. The van der Waals surface area contributed by atoms with Gasteiger partial charge in [-0.3, -0.25) is 9.78 Å². The second-order valence-electron chi connectivity index (χ2n) is 5.39. The predicted octanol–water partition coefficient (Wildman–Crippen LogP) is 1.51. The molecule has 6 heteroatoms. The van der Waals surface area contributed by atoms with Crippen molar-refractivity contribution in [3.05, 3.63) is 12.4 Å². The van der Waals surface area contributed by atoms with E-state index in [2.05, 4.69) is 9.97 Å². The average molecular weight is 279 g/mol. The minimum Gasteiger partial charge on any atom is -0.474 e. The third-order valence-corrected chi connectivity index (χ3v) is 3.40. The van der Waals surface area contributed by atoms with Crippen LogP contribution in [0.5, 0.6) is 5.88 Å². The van der Waals surface area contributed by atoms with Gasteiger partial charge in [0.25, 0.3) is 0 Å². The van der Waals surface area contributed by atoms with Crippen molar-refractivity contribution in [1.29, 1.82) is 0 Å². The molecule has 2 heterocycles. The van der Waals surface area contributed by atoms with Crippen molar-refractivity contribution in [3.63, 3.8) is 0 Å². The van der Waals surface area contributed by atoms with Crippen molar-refractivity contribution in [2.75, 3.05) is 25.1 Å². The molecule has 2 rings (SSSR count). The van der Waals surface area contributed by atoms with Gasteiger partial charge in [0, 0.05) is 13.1 Å². The van der Waals surface area contributed by atoms with E-state index in [0.717, 1.165) is 12.4 Å². The SMILES string of the molecule is COC(=O)C1CN(c2cncc(OC(C)C)n2)CC1C. The van der Waals surface area contributed by atoms with E-state index in [9.17, 15) is 4.79 Å². The molecule has 1 aliphatic rings. The highest BCUT2D eigenvalue weighted by atomic mass is 16.5. The maximum absolute atomic E-state index is 11.7. The summed E-state index contributed by atoms with van der Waals surface area (Å²) in [6.45, 7) is 7.30. The van der Waals surface area contributed by atoms with E-state index in [-0.39, 0.29) is 23.9 Å². The number of hydrogen-bond donors (Lipinski definition) is 0. The van der Waals surface area contributed by atoms with E-state index >= 15 is 0 Å². The summed E-state index contributed by atoms with van der Waals surface area (Å²) in [5.41, 5.74) is 0. The molecule has 110 valence electrons. The lowest BCUT2D eigenvalue weighted by atomic mass is 9.99. The summed E-state index contributed by atoms with van der Waals surface area (Å²) in [7, 11) is 1.43. The van der Waals surface area contributed by atoms with Gasteiger partial charge in [-0.15, -0.1) is 0 Å². The molecule has 0 aromatic carbocycles. The zero-order chi connectivity index (χ0) is 14.7. The number of carbonyl (C=O) groups is 1. The first kappa shape index (κ1) is 14.6. The zero-order valence-electron chi connectivity index (χ0n) is 12.4. The third-order valence-electron chi connectivity index (χ3n) is 3.40. The number of methoxy groups -OCH3 is 1. The van der Waals surface area contributed by atoms with Gasteiger partial charge in [-0.05, 0) is 19.8 Å². The van der Waals surface area contributed by atoms with Crippen LogP contribution >= 0.6 is 0 Å². The summed E-state index contributed by atoms with van der Waals surface area (Å²) < 4.78 is 10.4. The fourth-order valence-corrected chi connectivity index (χ4v) is 2.40. The van der Waals surface area contributed by atoms with Crippen LogP contribution in [-0.2, 0) is 9.53 Å². The molecule has 2 atom stereocenters. The molecule has 1 aromatic heterocycles. The number of nitrogens with zero attached hydrogens (tertiary/aromatic N) is 3. The van der Waals surface area contributed by atoms with Crippen molar-refractivity contribution in [2.24, 2.45) is 11.8 Å². The van der Waals surface area contributed by atoms with Gasteiger partial charge in [-0.2, -0.15) is 4.98 Å². The first-order valence-electron chi connectivity index (χ1n) is 6.82. The van der Waals surface area contributed by atoms with Gasteiger partial charge in [0.2, 0.25) is 5.88 Å². The van der Waals surface area contributed by atoms with Crippen molar-refractivity contribution >= 4 is 11.8 Å². The Hall–Kier alpha value is -1.85. The Balaban J connectivity index is 2.11. The molecule has 1 aliphatic heterocycles. The lowest BCUT2D eigenvalue weighted by Gasteiger charge is -2.17. The summed E-state index contributed by atoms with van der Waals surface area (Å²) >= 11 is 0. The Morgan fingerprint density at radius 3 is 2.80 bits per heavy atom. The lowest BCUT2D eigenvalue weighted by molar-refractivity contribution is -0.145. The minimum atomic E-state index is -0.164. The highest BCUT2D eigenvalue weighted by Gasteiger charge is 2.36. The van der Waals surface area contributed by atoms with Crippen molar-refractivity contribution < 1.29 is 14.3 Å². The number of hydrogen-bond acceptors (Lipinski definition) is 6. The molecule has 6 nitrogen and oxygen atoms in total. The molecule has 0 aliphatic carbocycles. The van der Waals surface area contributed by atoms with Crippen molar-refractivity contribution in [2.45, 2.75) is 26.9 Å². The number of carbonyl (C=O) groups excluding carboxylic acids is 1. The monoisotopic (exact) mass is 279 g/mol. The number of esters is 1. The Bertz CT molecular complexity index is 478. The molecular weight excluding hydrogens is 258 g/mol. The van der Waals surface area contributed by atoms with Gasteiger partial charge < -0.3 is 14.4 Å². The molecular formula is C14H21N3O3. The molecule has 0 radical (unpaired) electrons. The maximum atomic E-state index is 11.7. The number of anilines is 1. The average Bonchev–Trinajstić information content (AvgIpc) is 2.79. The largest absolute Gasteiger partial charge is 0.474 e. The molecule has 0 amide bonds. The summed E-state index contributed by atoms with van der Waals surface area (Å²) in [6.07, 6.45) is 3.35. The molecule has 1 aromatic rings. The van der Waals surface area contributed by atoms with E-state index in [1.54, 1.807) is 12.4 Å². The van der Waals surface area contributed by atoms with E-state index in [1.807, 2.05) is 25.7 Å². The summed E-state index contributed by atoms with van der Waals surface area (Å²) in [6, 6.07) is 0. The van der Waals surface area contributed by atoms with Gasteiger partial charge in [-0.1, -0.05) is 6.92 Å². The standard InChI is InChI=1S/C14H21N3O3/c1-9(2)20-13-6-15-5-12(16-13)17-7-10(3)11(8-17)14(18)19-4/h5-6,9-11H,7-8H2,1-4H3. The first-order chi connectivity index (χ1) is 9.51. The van der Waals surface area contributed by atoms with Crippen LogP contribution in [0.1, 0.15) is 20.8 Å². The zero-order valence-corrected chi connectivity index (χ0v) is 12.4. The summed E-state index contributed by atoms with van der Waals surface area (Å²) in [5.74, 6) is 1.20. The quantitative estimate of drug-likeness (QED) is 0.778. The Labute approximate surface area is 119 Å². The van der Waals surface area contributed by atoms with Crippen LogP contribution in [0.2, 0.25) is 0 Å². The van der Waals surface area contributed by atoms with Crippen LogP contribution in [0.4, 0.5) is 5.82 Å². The van der Waals surface area contributed by atoms with E-state index in [1.165, 1.54) is 7.11 Å². The Morgan fingerprint density at radius 2 is 2.15 bits per heavy atom. The molecule has 2 unspecified atom stereocenters. The topological polar surface area (TPSA) is 64.5 Å². The molecule has 0 bridgehead atoms. The third kappa shape index (κ3) is 3.18. The fraction of sp³-hybridized carbons (Fsp3) is 0.643. The maximum Gasteiger partial charge on any atom is 0.310 e. The van der Waals surface area contributed by atoms with Gasteiger partial charge in [0.05, 0.1) is 31.5 Å². The van der Waals surface area contributed by atoms with Crippen LogP contribution in [-0.4, -0.2) is 42.2 Å². The minimum absolute atomic E-state index is 0.0554. The van der Waals surface area contributed by atoms with Gasteiger partial charge >= 0.3 is 5.97 Å².